The number of ether oxygens (including phenoxy) is 5. The summed E-state index contributed by atoms with van der Waals surface area (Å²) in [6.07, 6.45) is 4.59. The van der Waals surface area contributed by atoms with Gasteiger partial charge in [0, 0.05) is 72.7 Å². The number of ketones is 2. The number of Topliss-reactive ketones (excluding diaryl/α,β-unsaturated/α-hetero) is 2. The molecule has 12 aromatic rings. The summed E-state index contributed by atoms with van der Waals surface area (Å²) in [7, 11) is -3.28. The number of allylic oxidation sites excluding steroid dienone is 2. The van der Waals surface area contributed by atoms with Gasteiger partial charge in [0.2, 0.25) is 0 Å². The molecule has 0 unspecified atom stereocenters. The van der Waals surface area contributed by atoms with Gasteiger partial charge < -0.3 is 61.4 Å². The molecule has 27 nitrogen and oxygen atoms in total. The van der Waals surface area contributed by atoms with Gasteiger partial charge in [-0.1, -0.05) is 188 Å². The number of aliphatic carboxylic acids is 1. The number of benzene rings is 8. The van der Waals surface area contributed by atoms with Crippen LogP contribution in [0.2, 0.25) is 20.1 Å². The van der Waals surface area contributed by atoms with Crippen molar-refractivity contribution in [2.24, 2.45) is 0 Å². The average Bonchev–Trinajstić information content (AvgIpc) is 1.70. The van der Waals surface area contributed by atoms with Crippen LogP contribution in [0.25, 0.3) is 45.0 Å². The Labute approximate surface area is 910 Å². The number of carbonyl (C=O) groups excluding carboxylic acids is 5. The van der Waals surface area contributed by atoms with E-state index in [0.717, 1.165) is 126 Å². The van der Waals surface area contributed by atoms with Crippen molar-refractivity contribution in [2.45, 2.75) is 106 Å². The van der Waals surface area contributed by atoms with Gasteiger partial charge in [-0.15, -0.1) is 20.4 Å². The molecule has 0 amide bonds. The van der Waals surface area contributed by atoms with Crippen LogP contribution in [-0.2, 0) is 108 Å². The van der Waals surface area contributed by atoms with E-state index in [0.29, 0.717) is 67.2 Å². The average molecular weight is 2040 g/mol. The van der Waals surface area contributed by atoms with Gasteiger partial charge in [0.1, 0.15) is 83.3 Å². The molecule has 0 bridgehead atoms. The van der Waals surface area contributed by atoms with Crippen LogP contribution in [0.15, 0.2) is 217 Å². The predicted octanol–water partition coefficient (Wildman–Crippen LogP) is 8.66. The Bertz CT molecular complexity index is 5390. The van der Waals surface area contributed by atoms with E-state index in [9.17, 15) is 28.5 Å². The fourth-order valence-corrected chi connectivity index (χ4v) is 15.3. The third-order valence-electron chi connectivity index (χ3n) is 15.8. The first-order valence-electron chi connectivity index (χ1n) is 37.4. The summed E-state index contributed by atoms with van der Waals surface area (Å²) in [5.74, 6) is 0.961. The van der Waals surface area contributed by atoms with Crippen LogP contribution in [0.4, 0.5) is 0 Å². The first-order valence-corrected chi connectivity index (χ1v) is 44.9. The predicted molar refractivity (Wildman–Crippen MR) is 486 cm³/mol. The quantitative estimate of drug-likeness (QED) is 0.00567. The van der Waals surface area contributed by atoms with Crippen LogP contribution in [0, 0.1) is 0 Å². The third kappa shape index (κ3) is 46.9. The topological polar surface area (TPSA) is 390 Å². The Morgan fingerprint density at radius 1 is 0.453 bits per heavy atom. The summed E-state index contributed by atoms with van der Waals surface area (Å²) in [6, 6.07) is 59.7. The number of aromatic nitrogens is 8. The number of hydrogen-bond acceptors (Lipinski definition) is 30. The molecular formula is C87H90BrCl4K2LiN8NaO19PS4. The van der Waals surface area contributed by atoms with Gasteiger partial charge in [0.05, 0.1) is 45.9 Å². The summed E-state index contributed by atoms with van der Waals surface area (Å²) in [4.78, 5) is 70.2. The standard InChI is InChI=1S/C22H21ClN2O3S.C20H17ClN2O3S.C18H15ClN2O2S.C9H6BrClN2S.C9H10O2.C8H17O5P.CH2O3.2K.Li.Na.H2O.2H/c1-3-27-21(26)13-15(2)12-16-4-10-19(11-5-16)28-14-20-22(24-25-29-20)17-6-8-18(23)9-7-17;1-13(11-19(24)25)10-14-2-8-17(9-3-14)26-12-18-20(22-23-27-18)15-4-6-16(21)7-5-15;1-12(22)10-13-2-8-16(9-3-13)23-11-17-18(20-21-24-17)14-4-6-15(19)7-5-14;10-5-8-9(12-13-14-8)6-1-3-7(11)4-2-6;1-7(10)6-8-2-4-9(11)5-3-8;1-4-11-8(9)7-14(10,12-5-2)13-6-3;2-1-4-3;;;;;;;/h4-11,13H,3,12,14H2,1-2H3;2-9,11H,10,12H2,1H3,(H,24,25);2-9H,10-11H2,1H3;1-4H,5H2;2-5,11H,6H2,1H3;4-7H2,1-3H3;1,3H;;;;;1H2;;/q;;;;;;;4*+1;;2*-1/p-2/b15-13+;13-11+;;;;;;;;;;;;. The molecule has 660 valence electrons. The van der Waals surface area contributed by atoms with Crippen molar-refractivity contribution >= 4 is 152 Å². The number of carboxylic acids is 1. The van der Waals surface area contributed by atoms with E-state index in [1.54, 1.807) is 72.7 Å². The molecule has 4 aromatic heterocycles. The molecule has 0 spiro atoms. The molecular weight excluding hydrogens is 1950 g/mol. The van der Waals surface area contributed by atoms with Crippen molar-refractivity contribution in [2.75, 3.05) is 32.6 Å². The maximum absolute atomic E-state index is 11.8. The minimum Gasteiger partial charge on any atom is -1.00 e. The number of rotatable bonds is 33. The second kappa shape index (κ2) is 67.6. The largest absolute Gasteiger partial charge is 1.00 e. The summed E-state index contributed by atoms with van der Waals surface area (Å²) in [5, 5.41) is 46.3. The molecule has 0 aliphatic rings. The minimum absolute atomic E-state index is 0. The summed E-state index contributed by atoms with van der Waals surface area (Å²) >= 11 is 32.4. The van der Waals surface area contributed by atoms with Gasteiger partial charge >= 0.3 is 177 Å². The first-order chi connectivity index (χ1) is 59.1. The maximum Gasteiger partial charge on any atom is 1.00 e. The monoisotopic (exact) mass is 2040 g/mol. The Morgan fingerprint density at radius 3 is 1.01 bits per heavy atom. The normalized spacial score (nSPS) is 10.3. The van der Waals surface area contributed by atoms with Crippen molar-refractivity contribution in [3.8, 4) is 68.0 Å². The van der Waals surface area contributed by atoms with Crippen LogP contribution in [-0.4, -0.2) is 123 Å². The van der Waals surface area contributed by atoms with E-state index < -0.39 is 19.5 Å². The molecule has 0 atom stereocenters. The SMILES string of the molecule is C/C(=C\C(=O)O)Cc1ccc(OCc2snnc2-c2ccc(Cl)cc2)cc1.CC(=O)Cc1ccc(O)cc1.CC(=O)Cc1ccc(OCc2snnc2-c2ccc(Cl)cc2)cc1.CCOC(=O)/C=C(\C)Cc1ccc(OCc2snnc2-c2ccc(Cl)cc2)cc1.CCOC(=O)CP(=O)(OCC)OCC.Clc1ccc(-c2nnsc2CBr)cc1.O=CO[O-].[H-].[H-].[K+].[K+].[Li+].[Na+].[OH-]. The molecule has 128 heavy (non-hydrogen) atoms. The summed E-state index contributed by atoms with van der Waals surface area (Å²) in [5.41, 5.74) is 13.0. The smallest absolute Gasteiger partial charge is 1.00 e. The zero-order valence-corrected chi connectivity index (χ0v) is 89.3. The van der Waals surface area contributed by atoms with Crippen molar-refractivity contribution < 1.29 is 246 Å². The zero-order chi connectivity index (χ0) is 89.5. The van der Waals surface area contributed by atoms with Gasteiger partial charge in [-0.3, -0.25) is 23.7 Å². The molecule has 0 aliphatic heterocycles. The van der Waals surface area contributed by atoms with Crippen molar-refractivity contribution in [3.05, 3.63) is 279 Å². The van der Waals surface area contributed by atoms with E-state index in [-0.39, 0.29) is 215 Å². The molecule has 4 heterocycles. The van der Waals surface area contributed by atoms with E-state index in [2.05, 4.69) is 63.9 Å². The number of halogens is 5. The van der Waals surface area contributed by atoms with Crippen molar-refractivity contribution in [1.29, 1.82) is 0 Å². The van der Waals surface area contributed by atoms with Gasteiger partial charge in [0.15, 0.2) is 0 Å². The minimum atomic E-state index is -3.28. The fraction of sp³-hybridized carbons (Fsp3) is 0.241. The second-order valence-corrected chi connectivity index (χ2v) is 33.3. The second-order valence-electron chi connectivity index (χ2n) is 25.6. The van der Waals surface area contributed by atoms with Crippen LogP contribution in [0.3, 0.4) is 0 Å². The molecule has 0 fully saturated rings. The fourth-order valence-electron chi connectivity index (χ4n) is 10.5. The zero-order valence-electron chi connectivity index (χ0n) is 74.3. The Hall–Kier alpha value is -5.52. The maximum atomic E-state index is 11.8. The molecule has 8 aromatic carbocycles. The third-order valence-corrected chi connectivity index (χ3v) is 22.5. The number of nitrogens with zero attached hydrogens (tertiary/aromatic N) is 8. The number of hydrogen-bond donors (Lipinski definition) is 2. The van der Waals surface area contributed by atoms with Crippen molar-refractivity contribution in [3.63, 3.8) is 0 Å². The molecule has 12 rings (SSSR count). The van der Waals surface area contributed by atoms with E-state index >= 15 is 0 Å². The number of carboxylic acid groups (broad SMARTS) is 1. The Kier molecular flexibility index (Phi) is 63.7. The molecule has 3 N–H and O–H groups in total. The number of esters is 2. The molecule has 0 saturated carbocycles. The number of alkyl halides is 1. The molecule has 0 saturated heterocycles. The molecule has 0 aliphatic carbocycles. The number of phenols is 1. The molecule has 41 heteroatoms. The van der Waals surface area contributed by atoms with E-state index in [4.69, 9.17) is 94.7 Å². The van der Waals surface area contributed by atoms with Crippen LogP contribution >= 0.6 is 116 Å². The first kappa shape index (κ1) is 120. The summed E-state index contributed by atoms with van der Waals surface area (Å²) in [6.45, 7) is 15.8. The van der Waals surface area contributed by atoms with E-state index in [1.165, 1.54) is 58.3 Å². The Morgan fingerprint density at radius 2 is 0.734 bits per heavy atom. The van der Waals surface area contributed by atoms with E-state index in [1.807, 2.05) is 177 Å². The molecule has 0 radical (unpaired) electrons. The van der Waals surface area contributed by atoms with Gasteiger partial charge in [0.25, 0.3) is 6.47 Å². The van der Waals surface area contributed by atoms with Gasteiger partial charge in [-0.25, -0.2) is 9.59 Å². The number of aromatic hydroxyl groups is 1. The summed E-state index contributed by atoms with van der Waals surface area (Å²) < 4.78 is 64.8. The van der Waals surface area contributed by atoms with Crippen LogP contribution < -0.4 is 171 Å². The van der Waals surface area contributed by atoms with Crippen LogP contribution in [0.5, 0.6) is 23.0 Å². The Balaban J connectivity index is 0. The number of carbonyl (C=O) groups is 6. The van der Waals surface area contributed by atoms with Crippen LogP contribution in [0.1, 0.15) is 100 Å². The van der Waals surface area contributed by atoms with Gasteiger partial charge in [-0.05, 0) is 234 Å². The number of phenolic OH excluding ortho intramolecular Hbond substituents is 1. The van der Waals surface area contributed by atoms with Crippen molar-refractivity contribution in [1.82, 2.24) is 38.3 Å². The van der Waals surface area contributed by atoms with Gasteiger partial charge in [-0.2, -0.15) is 0 Å².